The number of hydrogen-bond acceptors (Lipinski definition) is 1. The Hall–Kier alpha value is -0.0400. The molecule has 2 aliphatic carbocycles. The molecule has 0 aromatic heterocycles. The molecule has 5 unspecified atom stereocenters. The van der Waals surface area contributed by atoms with Gasteiger partial charge in [-0.25, -0.2) is 0 Å². The Morgan fingerprint density at radius 3 is 2.17 bits per heavy atom. The molecule has 1 N–H and O–H groups in total. The molecule has 0 spiro atoms. The number of rotatable bonds is 2. The van der Waals surface area contributed by atoms with Crippen molar-refractivity contribution in [3.05, 3.63) is 0 Å². The van der Waals surface area contributed by atoms with Crippen molar-refractivity contribution in [1.82, 2.24) is 0 Å². The van der Waals surface area contributed by atoms with Crippen LogP contribution in [0.2, 0.25) is 0 Å². The van der Waals surface area contributed by atoms with Crippen molar-refractivity contribution in [2.45, 2.75) is 78.7 Å². The van der Waals surface area contributed by atoms with Gasteiger partial charge in [0, 0.05) is 0 Å². The fourth-order valence-electron chi connectivity index (χ4n) is 4.63. The van der Waals surface area contributed by atoms with Crippen LogP contribution in [0.4, 0.5) is 0 Å². The molecule has 0 aromatic carbocycles. The van der Waals surface area contributed by atoms with Crippen LogP contribution in [-0.2, 0) is 0 Å². The van der Waals surface area contributed by atoms with Crippen LogP contribution in [0, 0.1) is 29.1 Å². The van der Waals surface area contributed by atoms with Gasteiger partial charge >= 0.3 is 0 Å². The van der Waals surface area contributed by atoms with Gasteiger partial charge in [0.1, 0.15) is 0 Å². The van der Waals surface area contributed by atoms with Gasteiger partial charge < -0.3 is 5.11 Å². The topological polar surface area (TPSA) is 20.2 Å². The van der Waals surface area contributed by atoms with Gasteiger partial charge in [-0.1, -0.05) is 47.0 Å². The van der Waals surface area contributed by atoms with Crippen LogP contribution in [0.25, 0.3) is 0 Å². The minimum Gasteiger partial charge on any atom is -0.393 e. The summed E-state index contributed by atoms with van der Waals surface area (Å²) in [5.74, 6) is 2.97. The van der Waals surface area contributed by atoms with Gasteiger partial charge in [-0.3, -0.25) is 0 Å². The second kappa shape index (κ2) is 5.53. The minimum atomic E-state index is -0.0546. The Morgan fingerprint density at radius 1 is 0.889 bits per heavy atom. The largest absolute Gasteiger partial charge is 0.393 e. The second-order valence-corrected chi connectivity index (χ2v) is 7.88. The van der Waals surface area contributed by atoms with Crippen LogP contribution in [0.1, 0.15) is 72.6 Å². The summed E-state index contributed by atoms with van der Waals surface area (Å²) in [7, 11) is 0. The summed E-state index contributed by atoms with van der Waals surface area (Å²) in [5.41, 5.74) is 0.328. The van der Waals surface area contributed by atoms with E-state index in [2.05, 4.69) is 27.7 Å². The molecule has 0 saturated heterocycles. The van der Waals surface area contributed by atoms with Crippen molar-refractivity contribution < 1.29 is 5.11 Å². The molecule has 1 heteroatoms. The summed E-state index contributed by atoms with van der Waals surface area (Å²) < 4.78 is 0. The summed E-state index contributed by atoms with van der Waals surface area (Å²) in [4.78, 5) is 0. The Bertz CT molecular complexity index is 271. The fraction of sp³-hybridized carbons (Fsp3) is 1.00. The summed E-state index contributed by atoms with van der Waals surface area (Å²) >= 11 is 0. The van der Waals surface area contributed by atoms with Crippen molar-refractivity contribution in [1.29, 1.82) is 0 Å². The minimum absolute atomic E-state index is 0.0546. The summed E-state index contributed by atoms with van der Waals surface area (Å²) in [6, 6.07) is 0. The third-order valence-electron chi connectivity index (χ3n) is 6.02. The summed E-state index contributed by atoms with van der Waals surface area (Å²) in [6.07, 6.45) is 9.10. The third kappa shape index (κ3) is 2.92. The van der Waals surface area contributed by atoms with Gasteiger partial charge in [-0.2, -0.15) is 0 Å². The highest BCUT2D eigenvalue weighted by Crippen LogP contribution is 2.49. The first kappa shape index (κ1) is 14.4. The molecule has 106 valence electrons. The highest BCUT2D eigenvalue weighted by atomic mass is 16.3. The molecule has 0 radical (unpaired) electrons. The van der Waals surface area contributed by atoms with Crippen LogP contribution in [0.3, 0.4) is 0 Å². The van der Waals surface area contributed by atoms with E-state index in [1.54, 1.807) is 0 Å². The van der Waals surface area contributed by atoms with E-state index in [0.717, 1.165) is 24.2 Å². The summed E-state index contributed by atoms with van der Waals surface area (Å²) in [5, 5.41) is 10.5. The predicted molar refractivity (Wildman–Crippen MR) is 77.4 cm³/mol. The maximum Gasteiger partial charge on any atom is 0.0576 e. The van der Waals surface area contributed by atoms with Gasteiger partial charge in [-0.05, 0) is 54.8 Å². The molecule has 1 nitrogen and oxygen atoms in total. The normalized spacial score (nSPS) is 42.8. The van der Waals surface area contributed by atoms with E-state index < -0.39 is 0 Å². The average Bonchev–Trinajstić information content (AvgIpc) is 2.28. The highest BCUT2D eigenvalue weighted by Gasteiger charge is 2.43. The van der Waals surface area contributed by atoms with E-state index in [1.165, 1.54) is 38.5 Å². The van der Waals surface area contributed by atoms with Crippen LogP contribution in [0.5, 0.6) is 0 Å². The van der Waals surface area contributed by atoms with Crippen molar-refractivity contribution >= 4 is 0 Å². The molecule has 0 heterocycles. The van der Waals surface area contributed by atoms with E-state index in [1.807, 2.05) is 0 Å². The van der Waals surface area contributed by atoms with Crippen LogP contribution < -0.4 is 0 Å². The molecule has 2 saturated carbocycles. The molecule has 0 bridgehead atoms. The van der Waals surface area contributed by atoms with Crippen LogP contribution in [-0.4, -0.2) is 11.2 Å². The van der Waals surface area contributed by atoms with Crippen LogP contribution >= 0.6 is 0 Å². The molecule has 0 amide bonds. The zero-order valence-corrected chi connectivity index (χ0v) is 12.8. The third-order valence-corrected chi connectivity index (χ3v) is 6.02. The lowest BCUT2D eigenvalue weighted by molar-refractivity contribution is -0.0494. The molecule has 5 atom stereocenters. The van der Waals surface area contributed by atoms with E-state index in [4.69, 9.17) is 0 Å². The molecule has 2 fully saturated rings. The standard InChI is InChI=1S/C17H32O/c1-12-6-5-7-14(10-12)17(3,4)15-9-8-13(2)11-16(15)18/h12-16,18H,5-11H2,1-4H3. The van der Waals surface area contributed by atoms with Crippen molar-refractivity contribution in [3.8, 4) is 0 Å². The summed E-state index contributed by atoms with van der Waals surface area (Å²) in [6.45, 7) is 9.55. The zero-order valence-electron chi connectivity index (χ0n) is 12.8. The average molecular weight is 252 g/mol. The van der Waals surface area contributed by atoms with Gasteiger partial charge in [0.25, 0.3) is 0 Å². The first-order valence-corrected chi connectivity index (χ1v) is 8.09. The predicted octanol–water partition coefficient (Wildman–Crippen LogP) is 4.64. The molecule has 2 aliphatic rings. The Labute approximate surface area is 113 Å². The van der Waals surface area contributed by atoms with Gasteiger partial charge in [0.2, 0.25) is 0 Å². The van der Waals surface area contributed by atoms with Crippen LogP contribution in [0.15, 0.2) is 0 Å². The van der Waals surface area contributed by atoms with Crippen molar-refractivity contribution in [2.75, 3.05) is 0 Å². The van der Waals surface area contributed by atoms with Crippen molar-refractivity contribution in [3.63, 3.8) is 0 Å². The lowest BCUT2D eigenvalue weighted by atomic mass is 9.58. The fourth-order valence-corrected chi connectivity index (χ4v) is 4.63. The number of aliphatic hydroxyl groups excluding tert-OH is 1. The van der Waals surface area contributed by atoms with E-state index in [9.17, 15) is 5.11 Å². The van der Waals surface area contributed by atoms with Gasteiger partial charge in [0.15, 0.2) is 0 Å². The molecular weight excluding hydrogens is 220 g/mol. The Balaban J connectivity index is 2.04. The monoisotopic (exact) mass is 252 g/mol. The number of aliphatic hydroxyl groups is 1. The number of hydrogen-bond donors (Lipinski definition) is 1. The molecular formula is C17H32O. The second-order valence-electron chi connectivity index (χ2n) is 7.88. The van der Waals surface area contributed by atoms with Crippen molar-refractivity contribution in [2.24, 2.45) is 29.1 Å². The molecule has 0 aromatic rings. The Kier molecular flexibility index (Phi) is 4.41. The lowest BCUT2D eigenvalue weighted by Gasteiger charge is -2.48. The maximum absolute atomic E-state index is 10.5. The smallest absolute Gasteiger partial charge is 0.0576 e. The SMILES string of the molecule is CC1CCC(C(C)(C)C2CCCC(C)C2)C(O)C1. The van der Waals surface area contributed by atoms with E-state index in [-0.39, 0.29) is 6.10 Å². The molecule has 18 heavy (non-hydrogen) atoms. The maximum atomic E-state index is 10.5. The zero-order chi connectivity index (χ0) is 13.3. The quantitative estimate of drug-likeness (QED) is 0.759. The molecule has 0 aliphatic heterocycles. The van der Waals surface area contributed by atoms with E-state index >= 15 is 0 Å². The van der Waals surface area contributed by atoms with Gasteiger partial charge in [0.05, 0.1) is 6.10 Å². The highest BCUT2D eigenvalue weighted by molar-refractivity contribution is 4.93. The first-order valence-electron chi connectivity index (χ1n) is 8.09. The lowest BCUT2D eigenvalue weighted by Crippen LogP contribution is -2.43. The Morgan fingerprint density at radius 2 is 1.56 bits per heavy atom. The van der Waals surface area contributed by atoms with Gasteiger partial charge in [-0.15, -0.1) is 0 Å². The molecule has 2 rings (SSSR count). The van der Waals surface area contributed by atoms with E-state index in [0.29, 0.717) is 11.3 Å². The first-order chi connectivity index (χ1) is 8.41.